The van der Waals surface area contributed by atoms with Gasteiger partial charge in [0, 0.05) is 10.7 Å². The molecule has 0 fully saturated rings. The molecule has 5 heteroatoms. The van der Waals surface area contributed by atoms with Gasteiger partial charge in [-0.1, -0.05) is 35.7 Å². The number of hydrogen-bond donors (Lipinski definition) is 1. The molecular formula is C19H13ClN2O2. The number of benzene rings is 2. The second-order valence-electron chi connectivity index (χ2n) is 4.70. The van der Waals surface area contributed by atoms with Crippen LogP contribution in [0.5, 0.6) is 5.75 Å². The van der Waals surface area contributed by atoms with E-state index in [4.69, 9.17) is 22.8 Å². The number of nitrogens with one attached hydrogen (secondary N) is 1. The van der Waals surface area contributed by atoms with E-state index in [9.17, 15) is 10.1 Å². The topological polar surface area (TPSA) is 62.1 Å². The third-order valence-corrected chi connectivity index (χ3v) is 3.17. The van der Waals surface area contributed by atoms with E-state index < -0.39 is 5.91 Å². The molecule has 0 aliphatic carbocycles. The van der Waals surface area contributed by atoms with Crippen LogP contribution in [0.1, 0.15) is 5.56 Å². The van der Waals surface area contributed by atoms with E-state index in [1.54, 1.807) is 48.5 Å². The van der Waals surface area contributed by atoms with E-state index >= 15 is 0 Å². The second kappa shape index (κ2) is 8.43. The van der Waals surface area contributed by atoms with Crippen LogP contribution in [0.25, 0.3) is 6.08 Å². The van der Waals surface area contributed by atoms with Gasteiger partial charge in [-0.2, -0.15) is 5.26 Å². The zero-order valence-corrected chi connectivity index (χ0v) is 13.4. The molecule has 0 aliphatic heterocycles. The van der Waals surface area contributed by atoms with E-state index in [1.807, 2.05) is 6.07 Å². The monoisotopic (exact) mass is 336 g/mol. The highest BCUT2D eigenvalue weighted by Gasteiger charge is 2.10. The van der Waals surface area contributed by atoms with Crippen LogP contribution in [0.3, 0.4) is 0 Å². The lowest BCUT2D eigenvalue weighted by atomic mass is 10.1. The number of nitriles is 1. The highest BCUT2D eigenvalue weighted by atomic mass is 35.5. The fourth-order valence-electron chi connectivity index (χ4n) is 1.90. The van der Waals surface area contributed by atoms with Crippen molar-refractivity contribution in [3.05, 3.63) is 64.7 Å². The molecule has 0 radical (unpaired) electrons. The Hall–Kier alpha value is -3.21. The number of nitrogens with zero attached hydrogens (tertiary/aromatic N) is 1. The molecule has 1 N–H and O–H groups in total. The van der Waals surface area contributed by atoms with Crippen LogP contribution < -0.4 is 10.1 Å². The molecule has 0 aliphatic rings. The third kappa shape index (κ3) is 4.91. The summed E-state index contributed by atoms with van der Waals surface area (Å²) in [6.45, 7) is 0.146. The number of ether oxygens (including phenoxy) is 1. The Bertz CT molecular complexity index is 860. The van der Waals surface area contributed by atoms with Gasteiger partial charge in [0.15, 0.2) is 0 Å². The van der Waals surface area contributed by atoms with Crippen LogP contribution >= 0.6 is 11.6 Å². The molecule has 0 saturated carbocycles. The van der Waals surface area contributed by atoms with Crippen molar-refractivity contribution in [2.24, 2.45) is 0 Å². The predicted molar refractivity (Wildman–Crippen MR) is 94.4 cm³/mol. The van der Waals surface area contributed by atoms with Crippen LogP contribution in [-0.4, -0.2) is 12.5 Å². The van der Waals surface area contributed by atoms with Gasteiger partial charge in [0.05, 0.1) is 0 Å². The van der Waals surface area contributed by atoms with E-state index in [0.29, 0.717) is 22.0 Å². The third-order valence-electron chi connectivity index (χ3n) is 2.94. The number of carbonyl (C=O) groups is 1. The molecule has 2 aromatic rings. The number of amides is 1. The van der Waals surface area contributed by atoms with E-state index in [-0.39, 0.29) is 12.2 Å². The van der Waals surface area contributed by atoms with E-state index in [1.165, 1.54) is 6.08 Å². The average Bonchev–Trinajstić information content (AvgIpc) is 2.58. The molecule has 0 heterocycles. The van der Waals surface area contributed by atoms with Crippen molar-refractivity contribution < 1.29 is 9.53 Å². The van der Waals surface area contributed by atoms with Crippen LogP contribution in [-0.2, 0) is 4.79 Å². The molecule has 2 aromatic carbocycles. The number of carbonyl (C=O) groups excluding carboxylic acids is 1. The highest BCUT2D eigenvalue weighted by Crippen LogP contribution is 2.18. The van der Waals surface area contributed by atoms with Crippen LogP contribution in [0.15, 0.2) is 54.1 Å². The standard InChI is InChI=1S/C19H13ClN2O2/c1-2-9-24-18-8-3-5-14(11-18)10-15(13-21)19(23)22-17-7-4-6-16(20)12-17/h1,3-8,10-12H,9H2,(H,22,23)/b15-10-. The SMILES string of the molecule is C#CCOc1cccc(/C=C(/C#N)C(=O)Nc2cccc(Cl)c2)c1. The quantitative estimate of drug-likeness (QED) is 0.511. The first-order valence-corrected chi connectivity index (χ1v) is 7.35. The first-order chi connectivity index (χ1) is 11.6. The summed E-state index contributed by atoms with van der Waals surface area (Å²) < 4.78 is 5.32. The summed E-state index contributed by atoms with van der Waals surface area (Å²) in [6, 6.07) is 15.5. The lowest BCUT2D eigenvalue weighted by Gasteiger charge is -2.05. The Kier molecular flexibility index (Phi) is 6.02. The number of anilines is 1. The van der Waals surface area contributed by atoms with Gasteiger partial charge in [-0.05, 0) is 42.0 Å². The van der Waals surface area contributed by atoms with Gasteiger partial charge < -0.3 is 10.1 Å². The maximum absolute atomic E-state index is 12.2. The Balaban J connectivity index is 2.18. The van der Waals surface area contributed by atoms with Crippen molar-refractivity contribution in [1.29, 1.82) is 5.26 Å². The summed E-state index contributed by atoms with van der Waals surface area (Å²) in [5.41, 5.74) is 1.13. The summed E-state index contributed by atoms with van der Waals surface area (Å²) in [6.07, 6.45) is 6.62. The molecule has 0 saturated heterocycles. The molecule has 4 nitrogen and oxygen atoms in total. The molecule has 0 spiro atoms. The number of halogens is 1. The molecule has 2 rings (SSSR count). The molecule has 0 unspecified atom stereocenters. The van der Waals surface area contributed by atoms with Crippen LogP contribution in [0, 0.1) is 23.7 Å². The minimum Gasteiger partial charge on any atom is -0.481 e. The second-order valence-corrected chi connectivity index (χ2v) is 5.14. The summed E-state index contributed by atoms with van der Waals surface area (Å²) in [4.78, 5) is 12.2. The summed E-state index contributed by atoms with van der Waals surface area (Å²) in [5, 5.41) is 12.4. The maximum atomic E-state index is 12.2. The Morgan fingerprint density at radius 1 is 1.29 bits per heavy atom. The van der Waals surface area contributed by atoms with E-state index in [0.717, 1.165) is 0 Å². The first-order valence-electron chi connectivity index (χ1n) is 6.97. The fourth-order valence-corrected chi connectivity index (χ4v) is 2.09. The highest BCUT2D eigenvalue weighted by molar-refractivity contribution is 6.31. The molecule has 1 amide bonds. The van der Waals surface area contributed by atoms with Crippen molar-refractivity contribution in [1.82, 2.24) is 0 Å². The average molecular weight is 337 g/mol. The summed E-state index contributed by atoms with van der Waals surface area (Å²) in [7, 11) is 0. The Morgan fingerprint density at radius 3 is 2.79 bits per heavy atom. The molecule has 0 aromatic heterocycles. The van der Waals surface area contributed by atoms with Crippen molar-refractivity contribution in [2.45, 2.75) is 0 Å². The van der Waals surface area contributed by atoms with Gasteiger partial charge in [-0.15, -0.1) is 6.42 Å². The van der Waals surface area contributed by atoms with Gasteiger partial charge in [0.25, 0.3) is 5.91 Å². The Morgan fingerprint density at radius 2 is 2.08 bits per heavy atom. The van der Waals surface area contributed by atoms with Gasteiger partial charge in [-0.25, -0.2) is 0 Å². The molecule has 24 heavy (non-hydrogen) atoms. The van der Waals surface area contributed by atoms with Gasteiger partial charge in [0.2, 0.25) is 0 Å². The zero-order valence-electron chi connectivity index (χ0n) is 12.6. The molecule has 0 atom stereocenters. The van der Waals surface area contributed by atoms with Crippen molar-refractivity contribution in [2.75, 3.05) is 11.9 Å². The van der Waals surface area contributed by atoms with Gasteiger partial charge >= 0.3 is 0 Å². The van der Waals surface area contributed by atoms with Gasteiger partial charge in [-0.3, -0.25) is 4.79 Å². The fraction of sp³-hybridized carbons (Fsp3) is 0.0526. The predicted octanol–water partition coefficient (Wildman–Crippen LogP) is 3.90. The lowest BCUT2D eigenvalue weighted by molar-refractivity contribution is -0.112. The number of hydrogen-bond acceptors (Lipinski definition) is 3. The largest absolute Gasteiger partial charge is 0.481 e. The Labute approximate surface area is 145 Å². The first kappa shape index (κ1) is 17.1. The summed E-state index contributed by atoms with van der Waals surface area (Å²) in [5.74, 6) is 2.42. The van der Waals surface area contributed by atoms with Crippen molar-refractivity contribution >= 4 is 29.3 Å². The minimum atomic E-state index is -0.519. The van der Waals surface area contributed by atoms with Crippen molar-refractivity contribution in [3.8, 4) is 24.2 Å². The minimum absolute atomic E-state index is 0.0379. The van der Waals surface area contributed by atoms with Crippen LogP contribution in [0.2, 0.25) is 5.02 Å². The number of terminal acetylenes is 1. The van der Waals surface area contributed by atoms with Gasteiger partial charge in [0.1, 0.15) is 24.0 Å². The summed E-state index contributed by atoms with van der Waals surface area (Å²) >= 11 is 5.87. The number of rotatable bonds is 5. The van der Waals surface area contributed by atoms with Crippen LogP contribution in [0.4, 0.5) is 5.69 Å². The lowest BCUT2D eigenvalue weighted by Crippen LogP contribution is -2.13. The molecule has 118 valence electrons. The normalized spacial score (nSPS) is 10.4. The molecular weight excluding hydrogens is 324 g/mol. The van der Waals surface area contributed by atoms with E-state index in [2.05, 4.69) is 11.2 Å². The smallest absolute Gasteiger partial charge is 0.266 e. The molecule has 0 bridgehead atoms. The maximum Gasteiger partial charge on any atom is 0.266 e. The zero-order chi connectivity index (χ0) is 17.4. The van der Waals surface area contributed by atoms with Crippen molar-refractivity contribution in [3.63, 3.8) is 0 Å².